The standard InChI is InChI=1S/3C9H13O3P.Al/c3*1-8(2)13(10,11)12-9-6-4-3-5-7-9;/h3*3-8H,1-2H3,(H,10,11);/q;;;+3/p-3. The van der Waals surface area contributed by atoms with Crippen molar-refractivity contribution in [3.63, 3.8) is 0 Å². The number of para-hydroxylation sites is 3. The lowest BCUT2D eigenvalue weighted by Gasteiger charge is -2.31. The smallest absolute Gasteiger partial charge is 0.426 e. The molecule has 0 N–H and O–H groups in total. The number of hydrogen-bond donors (Lipinski definition) is 0. The minimum Gasteiger partial charge on any atom is -0.426 e. The first kappa shape index (κ1) is 32.7. The predicted octanol–water partition coefficient (Wildman–Crippen LogP) is 9.06. The average molecular weight is 624 g/mol. The van der Waals surface area contributed by atoms with Gasteiger partial charge in [0.15, 0.2) is 0 Å². The highest BCUT2D eigenvalue weighted by Crippen LogP contribution is 2.61. The van der Waals surface area contributed by atoms with Crippen molar-refractivity contribution in [3.8, 4) is 17.2 Å². The van der Waals surface area contributed by atoms with E-state index in [2.05, 4.69) is 0 Å². The molecule has 0 aliphatic rings. The first-order chi connectivity index (χ1) is 18.9. The summed E-state index contributed by atoms with van der Waals surface area (Å²) in [6.45, 7) is 9.92. The molecule has 0 saturated heterocycles. The van der Waals surface area contributed by atoms with Crippen LogP contribution in [0, 0.1) is 0 Å². The average Bonchev–Trinajstić information content (AvgIpc) is 2.90. The Kier molecular flexibility index (Phi) is 11.7. The van der Waals surface area contributed by atoms with E-state index < -0.39 is 54.9 Å². The van der Waals surface area contributed by atoms with Gasteiger partial charge < -0.3 is 24.3 Å². The third-order valence-electron chi connectivity index (χ3n) is 5.52. The van der Waals surface area contributed by atoms with Crippen LogP contribution in [0.15, 0.2) is 91.0 Å². The largest absolute Gasteiger partial charge is 0.928 e. The molecular weight excluding hydrogens is 588 g/mol. The molecule has 0 heterocycles. The quantitative estimate of drug-likeness (QED) is 0.121. The highest BCUT2D eigenvalue weighted by molar-refractivity contribution is 7.59. The first-order valence-corrected chi connectivity index (χ1v) is 19.2. The van der Waals surface area contributed by atoms with Crippen LogP contribution in [0.25, 0.3) is 0 Å². The summed E-state index contributed by atoms with van der Waals surface area (Å²) in [5.74, 6) is 0.896. The lowest BCUT2D eigenvalue weighted by Crippen LogP contribution is -2.31. The van der Waals surface area contributed by atoms with Gasteiger partial charge in [0.25, 0.3) is 0 Å². The van der Waals surface area contributed by atoms with Crippen LogP contribution >= 0.6 is 22.8 Å². The van der Waals surface area contributed by atoms with E-state index in [-0.39, 0.29) is 0 Å². The maximum absolute atomic E-state index is 14.1. The van der Waals surface area contributed by atoms with Crippen LogP contribution in [-0.4, -0.2) is 32.1 Å². The summed E-state index contributed by atoms with van der Waals surface area (Å²) >= 11 is -3.87. The van der Waals surface area contributed by atoms with Gasteiger partial charge in [-0.2, -0.15) is 0 Å². The fourth-order valence-corrected chi connectivity index (χ4v) is 12.7. The third-order valence-corrected chi connectivity index (χ3v) is 16.3. The monoisotopic (exact) mass is 624 g/mol. The summed E-state index contributed by atoms with van der Waals surface area (Å²) in [5, 5.41) is 0. The molecule has 0 saturated carbocycles. The molecule has 0 spiro atoms. The minimum absolute atomic E-state index is 0.299. The van der Waals surface area contributed by atoms with Gasteiger partial charge in [-0.05, 0) is 36.4 Å². The van der Waals surface area contributed by atoms with Crippen molar-refractivity contribution >= 4 is 37.9 Å². The van der Waals surface area contributed by atoms with Crippen LogP contribution in [0.5, 0.6) is 17.2 Å². The molecule has 3 aromatic carbocycles. The number of benzene rings is 3. The molecule has 3 aromatic rings. The summed E-state index contributed by atoms with van der Waals surface area (Å²) in [5.41, 5.74) is -1.97. The van der Waals surface area contributed by atoms with E-state index in [9.17, 15) is 13.7 Å². The highest BCUT2D eigenvalue weighted by atomic mass is 31.2. The molecule has 9 nitrogen and oxygen atoms in total. The summed E-state index contributed by atoms with van der Waals surface area (Å²) in [6, 6.07) is 25.5. The fourth-order valence-electron chi connectivity index (χ4n) is 3.05. The zero-order valence-corrected chi connectivity index (χ0v) is 27.3. The van der Waals surface area contributed by atoms with E-state index in [0.29, 0.717) is 17.2 Å². The Morgan fingerprint density at radius 1 is 0.450 bits per heavy atom. The van der Waals surface area contributed by atoms with Crippen molar-refractivity contribution in [3.05, 3.63) is 91.0 Å². The van der Waals surface area contributed by atoms with Crippen LogP contribution in [0.2, 0.25) is 0 Å². The van der Waals surface area contributed by atoms with Crippen molar-refractivity contribution in [2.45, 2.75) is 58.5 Å². The van der Waals surface area contributed by atoms with Gasteiger partial charge in [-0.3, -0.25) is 0 Å². The molecule has 0 radical (unpaired) electrons. The van der Waals surface area contributed by atoms with Crippen molar-refractivity contribution < 1.29 is 38.0 Å². The van der Waals surface area contributed by atoms with Crippen LogP contribution in [0.3, 0.4) is 0 Å². The second-order valence-electron chi connectivity index (χ2n) is 9.72. The van der Waals surface area contributed by atoms with Crippen LogP contribution in [0.1, 0.15) is 41.5 Å². The molecule has 0 aromatic heterocycles. The topological polar surface area (TPSA) is 107 Å². The first-order valence-electron chi connectivity index (χ1n) is 12.9. The van der Waals surface area contributed by atoms with E-state index in [1.165, 1.54) is 0 Å². The second-order valence-corrected chi connectivity index (χ2v) is 19.7. The van der Waals surface area contributed by atoms with Crippen molar-refractivity contribution in [2.75, 3.05) is 0 Å². The molecule has 0 fully saturated rings. The van der Waals surface area contributed by atoms with Gasteiger partial charge in [0.05, 0.1) is 17.0 Å². The molecule has 0 bridgehead atoms. The molecule has 3 atom stereocenters. The maximum Gasteiger partial charge on any atom is 0.928 e. The number of rotatable bonds is 15. The normalized spacial score (nSPS) is 16.1. The van der Waals surface area contributed by atoms with Crippen LogP contribution < -0.4 is 13.6 Å². The number of hydrogen-bond acceptors (Lipinski definition) is 9. The molecule has 3 rings (SSSR count). The van der Waals surface area contributed by atoms with Gasteiger partial charge in [-0.1, -0.05) is 96.1 Å². The lowest BCUT2D eigenvalue weighted by atomic mass is 10.3. The van der Waals surface area contributed by atoms with Crippen molar-refractivity contribution in [2.24, 2.45) is 0 Å². The maximum atomic E-state index is 14.1. The Balaban J connectivity index is 2.01. The van der Waals surface area contributed by atoms with Crippen LogP contribution in [0.4, 0.5) is 0 Å². The summed E-state index contributed by atoms with van der Waals surface area (Å²) in [7, 11) is -12.0. The lowest BCUT2D eigenvalue weighted by molar-refractivity contribution is 0.245. The fraction of sp³-hybridized carbons (Fsp3) is 0.333. The SMILES string of the molecule is CC(C)P(=O)(Oc1ccccc1)[O][Al]([O]P(=O)(Oc1ccccc1)C(C)C)[O]P(=O)(Oc1ccccc1)C(C)C. The molecule has 216 valence electrons. The van der Waals surface area contributed by atoms with E-state index in [1.54, 1.807) is 133 Å². The summed E-state index contributed by atoms with van der Waals surface area (Å²) < 4.78 is 77.7. The van der Waals surface area contributed by atoms with E-state index >= 15 is 0 Å². The zero-order valence-electron chi connectivity index (χ0n) is 23.5. The Morgan fingerprint density at radius 3 is 0.875 bits per heavy atom. The molecular formula is C27H36AlO9P3. The van der Waals surface area contributed by atoms with Gasteiger partial charge in [-0.25, -0.2) is 13.7 Å². The van der Waals surface area contributed by atoms with Gasteiger partial charge in [-0.15, -0.1) is 0 Å². The molecule has 0 aliphatic heterocycles. The van der Waals surface area contributed by atoms with Gasteiger partial charge in [0.1, 0.15) is 17.2 Å². The van der Waals surface area contributed by atoms with E-state index in [0.717, 1.165) is 0 Å². The Hall–Kier alpha value is -1.84. The molecule has 40 heavy (non-hydrogen) atoms. The summed E-state index contributed by atoms with van der Waals surface area (Å²) in [6.07, 6.45) is 0. The van der Waals surface area contributed by atoms with Crippen LogP contribution in [-0.2, 0) is 24.4 Å². The Morgan fingerprint density at radius 2 is 0.675 bits per heavy atom. The van der Waals surface area contributed by atoms with E-state index in [1.807, 2.05) is 0 Å². The minimum atomic E-state index is -4.01. The zero-order chi connectivity index (χ0) is 29.4. The predicted molar refractivity (Wildman–Crippen MR) is 158 cm³/mol. The van der Waals surface area contributed by atoms with E-state index in [4.69, 9.17) is 24.3 Å². The Labute approximate surface area is 242 Å². The molecule has 0 amide bonds. The third kappa shape index (κ3) is 9.08. The Bertz CT molecular complexity index is 1170. The van der Waals surface area contributed by atoms with Gasteiger partial charge in [0.2, 0.25) is 0 Å². The van der Waals surface area contributed by atoms with Crippen molar-refractivity contribution in [1.29, 1.82) is 0 Å². The van der Waals surface area contributed by atoms with Gasteiger partial charge >= 0.3 is 37.9 Å². The second kappa shape index (κ2) is 14.4. The highest BCUT2D eigenvalue weighted by Gasteiger charge is 2.54. The summed E-state index contributed by atoms with van der Waals surface area (Å²) in [4.78, 5) is 0. The molecule has 13 heteroatoms. The molecule has 0 aliphatic carbocycles. The van der Waals surface area contributed by atoms with Gasteiger partial charge in [0, 0.05) is 0 Å². The molecule has 3 unspecified atom stereocenters. The van der Waals surface area contributed by atoms with Crippen molar-refractivity contribution in [1.82, 2.24) is 0 Å².